The molecule has 1 atom stereocenters. The van der Waals surface area contributed by atoms with Crippen LogP contribution in [0.5, 0.6) is 0 Å². The summed E-state index contributed by atoms with van der Waals surface area (Å²) in [6, 6.07) is 6.35. The van der Waals surface area contributed by atoms with E-state index in [1.54, 1.807) is 19.9 Å². The minimum absolute atomic E-state index is 0.294. The summed E-state index contributed by atoms with van der Waals surface area (Å²) in [5.41, 5.74) is -0.963. The van der Waals surface area contributed by atoms with E-state index < -0.39 is 22.6 Å². The van der Waals surface area contributed by atoms with Crippen LogP contribution in [-0.4, -0.2) is 33.8 Å². The van der Waals surface area contributed by atoms with Gasteiger partial charge in [-0.3, -0.25) is 14.4 Å². The summed E-state index contributed by atoms with van der Waals surface area (Å²) < 4.78 is 13.3. The molecule has 1 heterocycles. The number of amides is 1. The van der Waals surface area contributed by atoms with Gasteiger partial charge in [0.05, 0.1) is 0 Å². The Hall–Kier alpha value is -1.69. The summed E-state index contributed by atoms with van der Waals surface area (Å²) in [5.74, 6) is -1.35. The SMILES string of the molecule is CCC(C)(C)C(=O)C(=O)N1CCCC1(CCCc1cccc(F)c1)C(=O)S. The van der Waals surface area contributed by atoms with Gasteiger partial charge in [-0.2, -0.15) is 0 Å². The van der Waals surface area contributed by atoms with Gasteiger partial charge in [-0.15, -0.1) is 12.6 Å². The average molecular weight is 394 g/mol. The fourth-order valence-electron chi connectivity index (χ4n) is 3.61. The second-order valence-corrected chi connectivity index (χ2v) is 8.35. The first kappa shape index (κ1) is 21.6. The highest BCUT2D eigenvalue weighted by atomic mass is 32.1. The summed E-state index contributed by atoms with van der Waals surface area (Å²) in [5, 5.41) is -0.380. The minimum Gasteiger partial charge on any atom is -0.322 e. The molecule has 27 heavy (non-hydrogen) atoms. The Morgan fingerprint density at radius 3 is 2.59 bits per heavy atom. The predicted octanol–water partition coefficient (Wildman–Crippen LogP) is 3.97. The molecule has 0 N–H and O–H groups in total. The van der Waals surface area contributed by atoms with Crippen LogP contribution in [0.25, 0.3) is 0 Å². The lowest BCUT2D eigenvalue weighted by atomic mass is 9.83. The monoisotopic (exact) mass is 393 g/mol. The van der Waals surface area contributed by atoms with Gasteiger partial charge in [-0.1, -0.05) is 32.9 Å². The summed E-state index contributed by atoms with van der Waals surface area (Å²) in [6.07, 6.45) is 3.33. The Kier molecular flexibility index (Phi) is 6.84. The zero-order chi connectivity index (χ0) is 20.2. The van der Waals surface area contributed by atoms with Crippen LogP contribution in [0.1, 0.15) is 58.4 Å². The Morgan fingerprint density at radius 1 is 1.30 bits per heavy atom. The topological polar surface area (TPSA) is 54.5 Å². The molecule has 1 saturated heterocycles. The maximum atomic E-state index is 13.3. The van der Waals surface area contributed by atoms with Crippen molar-refractivity contribution in [3.8, 4) is 0 Å². The van der Waals surface area contributed by atoms with Crippen molar-refractivity contribution in [1.82, 2.24) is 4.90 Å². The summed E-state index contributed by atoms with van der Waals surface area (Å²) in [4.78, 5) is 39.4. The number of carbonyl (C=O) groups is 3. The fraction of sp³-hybridized carbons (Fsp3) is 0.571. The number of ketones is 1. The molecule has 0 radical (unpaired) electrons. The molecule has 1 aliphatic rings. The lowest BCUT2D eigenvalue weighted by Gasteiger charge is -2.37. The maximum absolute atomic E-state index is 13.3. The van der Waals surface area contributed by atoms with Gasteiger partial charge in [-0.25, -0.2) is 4.39 Å². The second kappa shape index (κ2) is 8.55. The quantitative estimate of drug-likeness (QED) is 0.537. The van der Waals surface area contributed by atoms with Crippen LogP contribution in [0, 0.1) is 11.2 Å². The van der Waals surface area contributed by atoms with Crippen molar-refractivity contribution >= 4 is 29.4 Å². The first-order valence-corrected chi connectivity index (χ1v) is 9.93. The summed E-state index contributed by atoms with van der Waals surface area (Å²) in [7, 11) is 0. The van der Waals surface area contributed by atoms with Gasteiger partial charge in [0.15, 0.2) is 0 Å². The number of hydrogen-bond acceptors (Lipinski definition) is 3. The van der Waals surface area contributed by atoms with E-state index >= 15 is 0 Å². The van der Waals surface area contributed by atoms with Crippen molar-refractivity contribution in [3.05, 3.63) is 35.6 Å². The molecule has 1 unspecified atom stereocenters. The largest absolute Gasteiger partial charge is 0.322 e. The first-order chi connectivity index (χ1) is 12.6. The van der Waals surface area contributed by atoms with Gasteiger partial charge in [0.25, 0.3) is 5.91 Å². The molecule has 6 heteroatoms. The zero-order valence-electron chi connectivity index (χ0n) is 16.3. The molecule has 0 saturated carbocycles. The number of benzene rings is 1. The normalized spacial score (nSPS) is 20.0. The Morgan fingerprint density at radius 2 is 2.00 bits per heavy atom. The molecule has 1 amide bonds. The number of rotatable bonds is 8. The molecular formula is C21H28FNO3S. The van der Waals surface area contributed by atoms with Crippen LogP contribution in [-0.2, 0) is 20.8 Å². The summed E-state index contributed by atoms with van der Waals surface area (Å²) >= 11 is 4.07. The van der Waals surface area contributed by atoms with Crippen molar-refractivity contribution in [3.63, 3.8) is 0 Å². The summed E-state index contributed by atoms with van der Waals surface area (Å²) in [6.45, 7) is 5.75. The second-order valence-electron chi connectivity index (χ2n) is 7.95. The highest BCUT2D eigenvalue weighted by Crippen LogP contribution is 2.37. The van der Waals surface area contributed by atoms with Crippen LogP contribution >= 0.6 is 12.6 Å². The highest BCUT2D eigenvalue weighted by molar-refractivity contribution is 7.96. The Bertz CT molecular complexity index is 734. The molecule has 148 valence electrons. The van der Waals surface area contributed by atoms with E-state index in [2.05, 4.69) is 12.6 Å². The molecule has 1 aliphatic heterocycles. The average Bonchev–Trinajstić information content (AvgIpc) is 3.05. The van der Waals surface area contributed by atoms with Gasteiger partial charge in [0.1, 0.15) is 11.4 Å². The van der Waals surface area contributed by atoms with E-state index in [9.17, 15) is 18.8 Å². The van der Waals surface area contributed by atoms with Gasteiger partial charge in [0, 0.05) is 12.0 Å². The van der Waals surface area contributed by atoms with E-state index in [1.165, 1.54) is 17.0 Å². The lowest BCUT2D eigenvalue weighted by molar-refractivity contribution is -0.153. The molecule has 1 aromatic carbocycles. The van der Waals surface area contributed by atoms with Gasteiger partial charge < -0.3 is 4.90 Å². The third-order valence-corrected chi connectivity index (χ3v) is 6.19. The highest BCUT2D eigenvalue weighted by Gasteiger charge is 2.50. The third kappa shape index (κ3) is 4.60. The van der Waals surface area contributed by atoms with Crippen molar-refractivity contribution in [1.29, 1.82) is 0 Å². The molecule has 1 aromatic rings. The van der Waals surface area contributed by atoms with Crippen LogP contribution < -0.4 is 0 Å². The van der Waals surface area contributed by atoms with E-state index in [-0.39, 0.29) is 10.9 Å². The number of aryl methyl sites for hydroxylation is 1. The van der Waals surface area contributed by atoms with Crippen molar-refractivity contribution < 1.29 is 18.8 Å². The Labute approximate surface area is 165 Å². The van der Waals surface area contributed by atoms with Crippen LogP contribution in [0.2, 0.25) is 0 Å². The van der Waals surface area contributed by atoms with Crippen molar-refractivity contribution in [2.75, 3.05) is 6.54 Å². The van der Waals surface area contributed by atoms with Crippen molar-refractivity contribution in [2.45, 2.75) is 64.8 Å². The number of nitrogens with zero attached hydrogens (tertiary/aromatic N) is 1. The van der Waals surface area contributed by atoms with Crippen LogP contribution in [0.15, 0.2) is 24.3 Å². The van der Waals surface area contributed by atoms with Crippen LogP contribution in [0.4, 0.5) is 4.39 Å². The van der Waals surface area contributed by atoms with Crippen LogP contribution in [0.3, 0.4) is 0 Å². The molecule has 1 fully saturated rings. The van der Waals surface area contributed by atoms with Gasteiger partial charge in [-0.05, 0) is 56.2 Å². The molecule has 0 bridgehead atoms. The molecule has 4 nitrogen and oxygen atoms in total. The third-order valence-electron chi connectivity index (χ3n) is 5.77. The van der Waals surface area contributed by atoms with E-state index in [0.717, 1.165) is 5.56 Å². The number of thiol groups is 1. The smallest absolute Gasteiger partial charge is 0.291 e. The van der Waals surface area contributed by atoms with Gasteiger partial charge >= 0.3 is 0 Å². The van der Waals surface area contributed by atoms with E-state index in [4.69, 9.17) is 0 Å². The lowest BCUT2D eigenvalue weighted by Crippen LogP contribution is -2.55. The van der Waals surface area contributed by atoms with Gasteiger partial charge in [0.2, 0.25) is 10.9 Å². The molecule has 0 aromatic heterocycles. The zero-order valence-corrected chi connectivity index (χ0v) is 17.2. The number of hydrogen-bond donors (Lipinski definition) is 1. The molecular weight excluding hydrogens is 365 g/mol. The van der Waals surface area contributed by atoms with E-state index in [1.807, 2.05) is 13.0 Å². The van der Waals surface area contributed by atoms with Crippen molar-refractivity contribution in [2.24, 2.45) is 5.41 Å². The molecule has 0 aliphatic carbocycles. The molecule has 0 spiro atoms. The van der Waals surface area contributed by atoms with E-state index in [0.29, 0.717) is 45.1 Å². The number of Topliss-reactive ketones (excluding diaryl/α,β-unsaturated/α-hetero) is 1. The number of likely N-dealkylation sites (tertiary alicyclic amines) is 1. The standard InChI is InChI=1S/C21H28FNO3S/c1-4-20(2,3)17(24)18(25)23-13-7-12-21(23,19(26)27)11-6-9-15-8-5-10-16(22)14-15/h5,8,10,14H,4,6-7,9,11-13H2,1-3H3,(H,26,27). The number of carbonyl (C=O) groups excluding carboxylic acids is 3. The molecule has 2 rings (SSSR count). The number of halogens is 1. The first-order valence-electron chi connectivity index (χ1n) is 9.48. The predicted molar refractivity (Wildman–Crippen MR) is 106 cm³/mol. The Balaban J connectivity index is 2.16. The minimum atomic E-state index is -1.05. The maximum Gasteiger partial charge on any atom is 0.291 e. The fourth-order valence-corrected chi connectivity index (χ4v) is 3.96.